The Morgan fingerprint density at radius 3 is 2.80 bits per heavy atom. The van der Waals surface area contributed by atoms with E-state index < -0.39 is 0 Å². The number of fused-ring (bicyclic) bond motifs is 1. The third-order valence-corrected chi connectivity index (χ3v) is 4.36. The van der Waals surface area contributed by atoms with Crippen LogP contribution in [-0.4, -0.2) is 31.1 Å². The number of nitrogens with one attached hydrogen (secondary N) is 1. The zero-order chi connectivity index (χ0) is 14.1. The van der Waals surface area contributed by atoms with Gasteiger partial charge in [-0.1, -0.05) is 18.2 Å². The van der Waals surface area contributed by atoms with Crippen molar-refractivity contribution in [2.45, 2.75) is 38.8 Å². The van der Waals surface area contributed by atoms with Crippen molar-refractivity contribution in [1.82, 2.24) is 10.2 Å². The van der Waals surface area contributed by atoms with E-state index in [9.17, 15) is 0 Å². The van der Waals surface area contributed by atoms with E-state index in [1.807, 2.05) is 12.1 Å². The molecule has 20 heavy (non-hydrogen) atoms. The van der Waals surface area contributed by atoms with Crippen molar-refractivity contribution < 1.29 is 4.42 Å². The van der Waals surface area contributed by atoms with E-state index in [2.05, 4.69) is 43.2 Å². The third-order valence-electron chi connectivity index (χ3n) is 4.36. The highest BCUT2D eigenvalue weighted by molar-refractivity contribution is 5.82. The minimum atomic E-state index is 0.259. The fraction of sp³-hybridized carbons (Fsp3) is 0.529. The molecule has 1 atom stereocenters. The number of benzene rings is 1. The molecule has 1 unspecified atom stereocenters. The largest absolute Gasteiger partial charge is 0.459 e. The molecular formula is C17H24N2O. The molecule has 3 rings (SSSR count). The highest BCUT2D eigenvalue weighted by Crippen LogP contribution is 2.29. The van der Waals surface area contributed by atoms with Crippen molar-refractivity contribution in [1.29, 1.82) is 0 Å². The van der Waals surface area contributed by atoms with Gasteiger partial charge in [-0.2, -0.15) is 0 Å². The topological polar surface area (TPSA) is 28.4 Å². The van der Waals surface area contributed by atoms with Gasteiger partial charge in [-0.25, -0.2) is 0 Å². The van der Waals surface area contributed by atoms with Crippen molar-refractivity contribution in [2.24, 2.45) is 0 Å². The smallest absolute Gasteiger partial charge is 0.134 e. The molecule has 1 heterocycles. The van der Waals surface area contributed by atoms with Gasteiger partial charge in [-0.15, -0.1) is 0 Å². The summed E-state index contributed by atoms with van der Waals surface area (Å²) in [5.41, 5.74) is 2.25. The van der Waals surface area contributed by atoms with Crippen molar-refractivity contribution in [3.05, 3.63) is 35.6 Å². The molecule has 1 saturated carbocycles. The average Bonchev–Trinajstić information content (AvgIpc) is 3.24. The number of nitrogens with zero attached hydrogens (tertiary/aromatic N) is 1. The normalized spacial score (nSPS) is 17.0. The molecule has 0 aliphatic heterocycles. The number of rotatable bonds is 6. The maximum atomic E-state index is 6.00. The highest BCUT2D eigenvalue weighted by atomic mass is 16.3. The summed E-state index contributed by atoms with van der Waals surface area (Å²) in [6.07, 6.45) is 2.74. The average molecular weight is 272 g/mol. The summed E-state index contributed by atoms with van der Waals surface area (Å²) in [4.78, 5) is 2.45. The third kappa shape index (κ3) is 2.74. The van der Waals surface area contributed by atoms with Crippen LogP contribution in [0.2, 0.25) is 0 Å². The van der Waals surface area contributed by atoms with Crippen LogP contribution in [0.5, 0.6) is 0 Å². The summed E-state index contributed by atoms with van der Waals surface area (Å²) >= 11 is 0. The Morgan fingerprint density at radius 1 is 1.35 bits per heavy atom. The van der Waals surface area contributed by atoms with E-state index >= 15 is 0 Å². The van der Waals surface area contributed by atoms with Gasteiger partial charge >= 0.3 is 0 Å². The van der Waals surface area contributed by atoms with E-state index in [-0.39, 0.29) is 6.04 Å². The molecule has 3 heteroatoms. The Balaban J connectivity index is 1.62. The highest BCUT2D eigenvalue weighted by Gasteiger charge is 2.25. The van der Waals surface area contributed by atoms with Gasteiger partial charge in [0.1, 0.15) is 11.3 Å². The van der Waals surface area contributed by atoms with Gasteiger partial charge in [-0.3, -0.25) is 0 Å². The predicted molar refractivity (Wildman–Crippen MR) is 83.0 cm³/mol. The van der Waals surface area contributed by atoms with Gasteiger partial charge in [0, 0.05) is 24.5 Å². The van der Waals surface area contributed by atoms with Crippen molar-refractivity contribution in [2.75, 3.05) is 20.1 Å². The van der Waals surface area contributed by atoms with Crippen LogP contribution in [0.3, 0.4) is 0 Å². The number of hydrogen-bond donors (Lipinski definition) is 1. The van der Waals surface area contributed by atoms with Crippen LogP contribution in [0, 0.1) is 6.92 Å². The molecule has 1 N–H and O–H groups in total. The number of hydrogen-bond acceptors (Lipinski definition) is 3. The summed E-state index contributed by atoms with van der Waals surface area (Å²) in [5.74, 6) is 1.07. The number of aryl methyl sites for hydroxylation is 1. The van der Waals surface area contributed by atoms with E-state index in [4.69, 9.17) is 4.42 Å². The van der Waals surface area contributed by atoms with E-state index in [1.54, 1.807) is 0 Å². The molecule has 1 aromatic heterocycles. The van der Waals surface area contributed by atoms with Gasteiger partial charge in [0.15, 0.2) is 0 Å². The first kappa shape index (κ1) is 13.7. The lowest BCUT2D eigenvalue weighted by Crippen LogP contribution is -2.32. The van der Waals surface area contributed by atoms with Crippen LogP contribution in [0.1, 0.15) is 37.1 Å². The van der Waals surface area contributed by atoms with Crippen LogP contribution in [0.4, 0.5) is 0 Å². The quantitative estimate of drug-likeness (QED) is 0.872. The molecule has 1 fully saturated rings. The first-order valence-electron chi connectivity index (χ1n) is 7.58. The van der Waals surface area contributed by atoms with Crippen LogP contribution in [0.25, 0.3) is 11.0 Å². The monoisotopic (exact) mass is 272 g/mol. The molecule has 108 valence electrons. The predicted octanol–water partition coefficient (Wildman–Crippen LogP) is 3.49. The van der Waals surface area contributed by atoms with E-state index in [0.717, 1.165) is 30.5 Å². The minimum Gasteiger partial charge on any atom is -0.459 e. The Kier molecular flexibility index (Phi) is 3.81. The lowest BCUT2D eigenvalue weighted by Gasteiger charge is -2.18. The molecule has 1 aliphatic carbocycles. The molecule has 3 nitrogen and oxygen atoms in total. The Morgan fingerprint density at radius 2 is 2.10 bits per heavy atom. The lowest BCUT2D eigenvalue weighted by atomic mass is 10.1. The van der Waals surface area contributed by atoms with E-state index in [1.165, 1.54) is 23.8 Å². The number of para-hydroxylation sites is 1. The Labute approximate surface area is 120 Å². The maximum absolute atomic E-state index is 6.00. The van der Waals surface area contributed by atoms with Crippen molar-refractivity contribution >= 4 is 11.0 Å². The summed E-state index contributed by atoms with van der Waals surface area (Å²) in [7, 11) is 2.22. The number of furan rings is 1. The van der Waals surface area contributed by atoms with Gasteiger partial charge in [-0.05, 0) is 45.4 Å². The molecule has 2 aromatic rings. The maximum Gasteiger partial charge on any atom is 0.134 e. The van der Waals surface area contributed by atoms with Gasteiger partial charge in [0.2, 0.25) is 0 Å². The first-order chi connectivity index (χ1) is 9.66. The van der Waals surface area contributed by atoms with Crippen LogP contribution in [0.15, 0.2) is 28.7 Å². The summed E-state index contributed by atoms with van der Waals surface area (Å²) in [6.45, 7) is 6.44. The molecule has 0 radical (unpaired) electrons. The van der Waals surface area contributed by atoms with Crippen molar-refractivity contribution in [3.8, 4) is 0 Å². The van der Waals surface area contributed by atoms with Crippen LogP contribution >= 0.6 is 0 Å². The van der Waals surface area contributed by atoms with Gasteiger partial charge < -0.3 is 14.6 Å². The first-order valence-corrected chi connectivity index (χ1v) is 7.58. The molecule has 0 bridgehead atoms. The molecule has 1 aliphatic rings. The number of likely N-dealkylation sites (N-methyl/N-ethyl adjacent to an activating group) is 1. The summed E-state index contributed by atoms with van der Waals surface area (Å²) in [6, 6.07) is 9.36. The van der Waals surface area contributed by atoms with Gasteiger partial charge in [0.05, 0.1) is 6.04 Å². The molecule has 0 saturated heterocycles. The molecular weight excluding hydrogens is 248 g/mol. The van der Waals surface area contributed by atoms with Crippen LogP contribution < -0.4 is 5.32 Å². The second-order valence-corrected chi connectivity index (χ2v) is 5.98. The van der Waals surface area contributed by atoms with Crippen LogP contribution in [-0.2, 0) is 0 Å². The Hall–Kier alpha value is -1.32. The molecule has 1 aromatic carbocycles. The zero-order valence-electron chi connectivity index (χ0n) is 12.6. The second-order valence-electron chi connectivity index (χ2n) is 5.98. The fourth-order valence-electron chi connectivity index (χ4n) is 2.85. The second kappa shape index (κ2) is 5.58. The zero-order valence-corrected chi connectivity index (χ0v) is 12.6. The Bertz CT molecular complexity index is 586. The standard InChI is InChI=1S/C17H24N2O/c1-12-15-6-4-5-7-16(15)20-17(12)13(2)18-10-11-19(3)14-8-9-14/h4-7,13-14,18H,8-11H2,1-3H3. The SMILES string of the molecule is Cc1c(C(C)NCCN(C)C2CC2)oc2ccccc12. The minimum absolute atomic E-state index is 0.259. The fourth-order valence-corrected chi connectivity index (χ4v) is 2.85. The van der Waals surface area contributed by atoms with E-state index in [0.29, 0.717) is 0 Å². The molecule has 0 spiro atoms. The van der Waals surface area contributed by atoms with Crippen molar-refractivity contribution in [3.63, 3.8) is 0 Å². The lowest BCUT2D eigenvalue weighted by molar-refractivity contribution is 0.312. The molecule has 0 amide bonds. The summed E-state index contributed by atoms with van der Waals surface area (Å²) in [5, 5.41) is 4.81. The van der Waals surface area contributed by atoms with Gasteiger partial charge in [0.25, 0.3) is 0 Å². The summed E-state index contributed by atoms with van der Waals surface area (Å²) < 4.78 is 6.00.